The molecule has 0 spiro atoms. The van der Waals surface area contributed by atoms with Crippen LogP contribution in [0.3, 0.4) is 0 Å². The molecule has 3 heterocycles. The zero-order valence-electron chi connectivity index (χ0n) is 20.7. The number of carbonyl (C=O) groups excluding carboxylic acids is 1. The summed E-state index contributed by atoms with van der Waals surface area (Å²) in [6.07, 6.45) is 2.06. The first-order valence-electron chi connectivity index (χ1n) is 12.2. The highest BCUT2D eigenvalue weighted by molar-refractivity contribution is 7.99. The summed E-state index contributed by atoms with van der Waals surface area (Å²) in [6.45, 7) is 4.49. The van der Waals surface area contributed by atoms with Gasteiger partial charge in [0.05, 0.1) is 11.7 Å². The van der Waals surface area contributed by atoms with E-state index in [2.05, 4.69) is 46.8 Å². The van der Waals surface area contributed by atoms with Crippen molar-refractivity contribution in [1.29, 1.82) is 0 Å². The van der Waals surface area contributed by atoms with Gasteiger partial charge in [0.25, 0.3) is 0 Å². The molecule has 188 valence electrons. The van der Waals surface area contributed by atoms with E-state index in [0.717, 1.165) is 32.7 Å². The molecular weight excluding hydrogens is 500 g/mol. The average molecular weight is 529 g/mol. The predicted octanol–water partition coefficient (Wildman–Crippen LogP) is 6.44. The maximum absolute atomic E-state index is 12.8. The smallest absolute Gasteiger partial charge is 0.226 e. The van der Waals surface area contributed by atoms with E-state index in [1.807, 2.05) is 66.4 Å². The Hall–Kier alpha value is -3.62. The van der Waals surface area contributed by atoms with Crippen LogP contribution in [0, 0.1) is 13.8 Å². The SMILES string of the molecule is Cc1ccc(Sc2ccc([C@@H]3[C@@H](c4ccccn4)NC(=S)N3CCC(=O)Nc3ccccc3C)o2)cc1. The summed E-state index contributed by atoms with van der Waals surface area (Å²) in [4.78, 5) is 20.5. The van der Waals surface area contributed by atoms with Gasteiger partial charge in [-0.25, -0.2) is 0 Å². The van der Waals surface area contributed by atoms with Crippen molar-refractivity contribution in [1.82, 2.24) is 15.2 Å². The summed E-state index contributed by atoms with van der Waals surface area (Å²) in [5.74, 6) is 0.712. The van der Waals surface area contributed by atoms with E-state index in [1.54, 1.807) is 18.0 Å². The number of nitrogens with one attached hydrogen (secondary N) is 2. The fraction of sp³-hybridized carbons (Fsp3) is 0.207. The van der Waals surface area contributed by atoms with E-state index in [0.29, 0.717) is 11.7 Å². The van der Waals surface area contributed by atoms with E-state index in [9.17, 15) is 4.79 Å². The van der Waals surface area contributed by atoms with Crippen molar-refractivity contribution in [2.24, 2.45) is 0 Å². The highest BCUT2D eigenvalue weighted by Crippen LogP contribution is 2.41. The predicted molar refractivity (Wildman–Crippen MR) is 151 cm³/mol. The van der Waals surface area contributed by atoms with Crippen molar-refractivity contribution in [2.75, 3.05) is 11.9 Å². The number of hydrogen-bond acceptors (Lipinski definition) is 5. The largest absolute Gasteiger partial charge is 0.452 e. The molecule has 2 atom stereocenters. The van der Waals surface area contributed by atoms with Crippen LogP contribution < -0.4 is 10.6 Å². The fourth-order valence-electron chi connectivity index (χ4n) is 4.37. The molecule has 6 nitrogen and oxygen atoms in total. The highest BCUT2D eigenvalue weighted by Gasteiger charge is 2.41. The van der Waals surface area contributed by atoms with Crippen LogP contribution in [-0.2, 0) is 4.79 Å². The third-order valence-corrected chi connectivity index (χ3v) is 7.61. The van der Waals surface area contributed by atoms with Crippen molar-refractivity contribution in [3.05, 3.63) is 108 Å². The standard InChI is InChI=1S/C29H28N4O2S2/c1-19-10-12-21(13-11-19)37-26-15-14-24(35-26)28-27(23-9-5-6-17-30-23)32-29(36)33(28)18-16-25(34)31-22-8-4-3-7-20(22)2/h3-15,17,27-28H,16,18H2,1-2H3,(H,31,34)(H,32,36)/t27-,28-/m1/s1. The second-order valence-corrected chi connectivity index (χ2v) is 10.5. The molecule has 2 aromatic carbocycles. The zero-order valence-corrected chi connectivity index (χ0v) is 22.3. The molecule has 0 aliphatic carbocycles. The molecule has 5 rings (SSSR count). The number of hydrogen-bond donors (Lipinski definition) is 2. The normalized spacial score (nSPS) is 17.0. The minimum atomic E-state index is -0.235. The molecule has 2 N–H and O–H groups in total. The van der Waals surface area contributed by atoms with Crippen LogP contribution in [0.4, 0.5) is 5.69 Å². The van der Waals surface area contributed by atoms with E-state index in [1.165, 1.54) is 5.56 Å². The molecule has 37 heavy (non-hydrogen) atoms. The number of rotatable bonds is 8. The third kappa shape index (κ3) is 5.87. The van der Waals surface area contributed by atoms with Crippen LogP contribution in [0.5, 0.6) is 0 Å². The molecule has 1 aliphatic heterocycles. The molecule has 0 unspecified atom stereocenters. The van der Waals surface area contributed by atoms with Crippen LogP contribution in [0.25, 0.3) is 0 Å². The van der Waals surface area contributed by atoms with E-state index < -0.39 is 0 Å². The number of furan rings is 1. The molecule has 0 radical (unpaired) electrons. The first-order valence-corrected chi connectivity index (χ1v) is 13.4. The summed E-state index contributed by atoms with van der Waals surface area (Å²) in [6, 6.07) is 25.5. The quantitative estimate of drug-likeness (QED) is 0.255. The monoisotopic (exact) mass is 528 g/mol. The van der Waals surface area contributed by atoms with E-state index >= 15 is 0 Å². The number of amides is 1. The van der Waals surface area contributed by atoms with Crippen LogP contribution in [0.2, 0.25) is 0 Å². The van der Waals surface area contributed by atoms with Crippen molar-refractivity contribution in [3.8, 4) is 0 Å². The molecular formula is C29H28N4O2S2. The molecule has 8 heteroatoms. The highest BCUT2D eigenvalue weighted by atomic mass is 32.2. The lowest BCUT2D eigenvalue weighted by Crippen LogP contribution is -2.32. The van der Waals surface area contributed by atoms with Gasteiger partial charge in [-0.2, -0.15) is 0 Å². The number of thiocarbonyl (C=S) groups is 1. The zero-order chi connectivity index (χ0) is 25.8. The molecule has 1 fully saturated rings. The molecule has 1 amide bonds. The van der Waals surface area contributed by atoms with E-state index in [4.69, 9.17) is 16.6 Å². The van der Waals surface area contributed by atoms with Crippen molar-refractivity contribution < 1.29 is 9.21 Å². The number of para-hydroxylation sites is 1. The Balaban J connectivity index is 1.36. The van der Waals surface area contributed by atoms with Crippen molar-refractivity contribution in [3.63, 3.8) is 0 Å². The molecule has 1 aliphatic rings. The van der Waals surface area contributed by atoms with Crippen LogP contribution in [0.15, 0.2) is 99.5 Å². The maximum atomic E-state index is 12.8. The Kier molecular flexibility index (Phi) is 7.58. The van der Waals surface area contributed by atoms with Gasteiger partial charge in [-0.15, -0.1) is 0 Å². The van der Waals surface area contributed by atoms with Crippen molar-refractivity contribution >= 4 is 40.7 Å². The molecule has 0 bridgehead atoms. The summed E-state index contributed by atoms with van der Waals surface area (Å²) in [5.41, 5.74) is 3.93. The van der Waals surface area contributed by atoms with Gasteiger partial charge >= 0.3 is 0 Å². The summed E-state index contributed by atoms with van der Waals surface area (Å²) in [5, 5.41) is 7.80. The summed E-state index contributed by atoms with van der Waals surface area (Å²) in [7, 11) is 0. The first-order chi connectivity index (χ1) is 18.0. The number of aromatic nitrogens is 1. The number of carbonyl (C=O) groups is 1. The van der Waals surface area contributed by atoms with Gasteiger partial charge in [-0.3, -0.25) is 9.78 Å². The lowest BCUT2D eigenvalue weighted by Gasteiger charge is -2.25. The number of anilines is 1. The van der Waals surface area contributed by atoms with Gasteiger partial charge in [0.1, 0.15) is 11.8 Å². The Morgan fingerprint density at radius 3 is 2.59 bits per heavy atom. The number of aryl methyl sites for hydroxylation is 2. The van der Waals surface area contributed by atoms with E-state index in [-0.39, 0.29) is 24.4 Å². The Morgan fingerprint density at radius 2 is 1.84 bits per heavy atom. The Morgan fingerprint density at radius 1 is 1.05 bits per heavy atom. The van der Waals surface area contributed by atoms with Crippen LogP contribution in [0.1, 0.15) is 41.1 Å². The van der Waals surface area contributed by atoms with Gasteiger partial charge in [-0.05, 0) is 74.1 Å². The number of benzene rings is 2. The molecule has 2 aromatic heterocycles. The average Bonchev–Trinajstić information content (AvgIpc) is 3.49. The lowest BCUT2D eigenvalue weighted by molar-refractivity contribution is -0.116. The van der Waals surface area contributed by atoms with Crippen molar-refractivity contribution in [2.45, 2.75) is 42.3 Å². The van der Waals surface area contributed by atoms with Gasteiger partial charge in [-0.1, -0.05) is 53.7 Å². The Labute approximate surface area is 226 Å². The second kappa shape index (κ2) is 11.2. The topological polar surface area (TPSA) is 70.4 Å². The van der Waals surface area contributed by atoms with Crippen LogP contribution in [-0.4, -0.2) is 27.4 Å². The third-order valence-electron chi connectivity index (χ3n) is 6.33. The molecule has 1 saturated heterocycles. The second-order valence-electron chi connectivity index (χ2n) is 9.01. The first kappa shape index (κ1) is 25.0. The minimum Gasteiger partial charge on any atom is -0.452 e. The van der Waals surface area contributed by atoms with Gasteiger partial charge in [0.2, 0.25) is 5.91 Å². The summed E-state index contributed by atoms with van der Waals surface area (Å²) >= 11 is 7.31. The lowest BCUT2D eigenvalue weighted by atomic mass is 10.0. The van der Waals surface area contributed by atoms with Crippen LogP contribution >= 0.6 is 24.0 Å². The van der Waals surface area contributed by atoms with Gasteiger partial charge in [0, 0.05) is 29.7 Å². The van der Waals surface area contributed by atoms with Gasteiger partial charge in [0.15, 0.2) is 10.2 Å². The molecule has 0 saturated carbocycles. The Bertz CT molecular complexity index is 1390. The van der Waals surface area contributed by atoms with Gasteiger partial charge < -0.3 is 20.0 Å². The fourth-order valence-corrected chi connectivity index (χ4v) is 5.48. The summed E-state index contributed by atoms with van der Waals surface area (Å²) < 4.78 is 6.34. The number of nitrogens with zero attached hydrogens (tertiary/aromatic N) is 2. The number of pyridine rings is 1. The minimum absolute atomic E-state index is 0.0628. The maximum Gasteiger partial charge on any atom is 0.226 e. The molecule has 4 aromatic rings.